The van der Waals surface area contributed by atoms with Crippen LogP contribution in [0.5, 0.6) is 0 Å². The number of ether oxygens (including phenoxy) is 2. The quantitative estimate of drug-likeness (QED) is 0.667. The number of hydrogen-bond donors (Lipinski definition) is 1. The van der Waals surface area contributed by atoms with Crippen LogP contribution in [0.2, 0.25) is 0 Å². The molecule has 1 heterocycles. The van der Waals surface area contributed by atoms with Crippen LogP contribution in [0.25, 0.3) is 0 Å². The minimum absolute atomic E-state index is 0.0217. The van der Waals surface area contributed by atoms with Gasteiger partial charge in [-0.05, 0) is 20.3 Å². The van der Waals surface area contributed by atoms with Crippen molar-refractivity contribution in [1.82, 2.24) is 0 Å². The first-order valence-electron chi connectivity index (χ1n) is 4.19. The normalized spacial score (nSPS) is 34.1. The highest BCUT2D eigenvalue weighted by Crippen LogP contribution is 2.22. The number of aliphatic hydroxyl groups is 1. The summed E-state index contributed by atoms with van der Waals surface area (Å²) >= 11 is 0. The van der Waals surface area contributed by atoms with Crippen molar-refractivity contribution in [3.8, 4) is 0 Å². The van der Waals surface area contributed by atoms with E-state index in [1.165, 1.54) is 0 Å². The lowest BCUT2D eigenvalue weighted by Gasteiger charge is -2.15. The summed E-state index contributed by atoms with van der Waals surface area (Å²) in [6.45, 7) is 4.37. The molecule has 1 rings (SSSR count). The van der Waals surface area contributed by atoms with Crippen LogP contribution in [0.3, 0.4) is 0 Å². The molecule has 0 aromatic carbocycles. The maximum atomic E-state index is 9.16. The minimum atomic E-state index is -0.375. The van der Waals surface area contributed by atoms with Crippen molar-refractivity contribution >= 4 is 0 Å². The Balaban J connectivity index is 2.23. The Morgan fingerprint density at radius 3 is 2.82 bits per heavy atom. The molecule has 1 N–H and O–H groups in total. The van der Waals surface area contributed by atoms with Crippen LogP contribution in [-0.4, -0.2) is 30.2 Å². The first-order valence-corrected chi connectivity index (χ1v) is 4.19. The van der Waals surface area contributed by atoms with E-state index in [4.69, 9.17) is 14.6 Å². The smallest absolute Gasteiger partial charge is 0.158 e. The van der Waals surface area contributed by atoms with Gasteiger partial charge in [0.15, 0.2) is 6.29 Å². The fourth-order valence-electron chi connectivity index (χ4n) is 1.29. The molecule has 0 bridgehead atoms. The molecule has 1 saturated heterocycles. The maximum Gasteiger partial charge on any atom is 0.158 e. The Labute approximate surface area is 67.3 Å². The standard InChI is InChI=1S/C8H16O3/c1-3-10-8-5-4-7(11-8)6(2)9/h6-9H,3-5H2,1-2H3. The molecule has 0 aromatic heterocycles. The molecular formula is C8H16O3. The molecule has 0 radical (unpaired) electrons. The van der Waals surface area contributed by atoms with E-state index in [9.17, 15) is 0 Å². The predicted octanol–water partition coefficient (Wildman–Crippen LogP) is 0.909. The van der Waals surface area contributed by atoms with Crippen molar-refractivity contribution in [2.75, 3.05) is 6.61 Å². The monoisotopic (exact) mass is 160 g/mol. The topological polar surface area (TPSA) is 38.7 Å². The molecule has 3 atom stereocenters. The second-order valence-corrected chi connectivity index (χ2v) is 2.88. The van der Waals surface area contributed by atoms with Gasteiger partial charge in [0.1, 0.15) is 0 Å². The summed E-state index contributed by atoms with van der Waals surface area (Å²) in [5.41, 5.74) is 0. The van der Waals surface area contributed by atoms with E-state index in [1.807, 2.05) is 6.92 Å². The minimum Gasteiger partial charge on any atom is -0.391 e. The Hall–Kier alpha value is -0.120. The van der Waals surface area contributed by atoms with E-state index >= 15 is 0 Å². The summed E-state index contributed by atoms with van der Waals surface area (Å²) in [4.78, 5) is 0. The molecule has 0 aromatic rings. The largest absolute Gasteiger partial charge is 0.391 e. The molecule has 0 saturated carbocycles. The summed E-state index contributed by atoms with van der Waals surface area (Å²) < 4.78 is 10.6. The van der Waals surface area contributed by atoms with E-state index in [0.29, 0.717) is 6.61 Å². The summed E-state index contributed by atoms with van der Waals surface area (Å²) in [5, 5.41) is 9.16. The lowest BCUT2D eigenvalue weighted by atomic mass is 10.1. The van der Waals surface area contributed by atoms with Gasteiger partial charge in [0.05, 0.1) is 12.2 Å². The molecule has 3 heteroatoms. The zero-order chi connectivity index (χ0) is 8.27. The van der Waals surface area contributed by atoms with Crippen molar-refractivity contribution in [3.63, 3.8) is 0 Å². The van der Waals surface area contributed by atoms with Gasteiger partial charge in [0.25, 0.3) is 0 Å². The van der Waals surface area contributed by atoms with Crippen LogP contribution in [-0.2, 0) is 9.47 Å². The second kappa shape index (κ2) is 4.04. The molecular weight excluding hydrogens is 144 g/mol. The van der Waals surface area contributed by atoms with E-state index in [-0.39, 0.29) is 18.5 Å². The van der Waals surface area contributed by atoms with Crippen molar-refractivity contribution in [2.45, 2.75) is 45.2 Å². The summed E-state index contributed by atoms with van der Waals surface area (Å²) in [6, 6.07) is 0. The second-order valence-electron chi connectivity index (χ2n) is 2.88. The van der Waals surface area contributed by atoms with Gasteiger partial charge in [-0.3, -0.25) is 0 Å². The van der Waals surface area contributed by atoms with E-state index in [0.717, 1.165) is 12.8 Å². The fourth-order valence-corrected chi connectivity index (χ4v) is 1.29. The summed E-state index contributed by atoms with van der Waals surface area (Å²) in [6.07, 6.45) is 1.33. The lowest BCUT2D eigenvalue weighted by molar-refractivity contribution is -0.148. The first kappa shape index (κ1) is 8.97. The van der Waals surface area contributed by atoms with Crippen LogP contribution in [0.1, 0.15) is 26.7 Å². The SMILES string of the molecule is CCOC1CCC(C(C)O)O1. The van der Waals surface area contributed by atoms with Gasteiger partial charge in [-0.2, -0.15) is 0 Å². The third-order valence-corrected chi connectivity index (χ3v) is 1.90. The van der Waals surface area contributed by atoms with Crippen LogP contribution < -0.4 is 0 Å². The number of hydrogen-bond acceptors (Lipinski definition) is 3. The van der Waals surface area contributed by atoms with Gasteiger partial charge in [0, 0.05) is 13.0 Å². The van der Waals surface area contributed by atoms with E-state index < -0.39 is 0 Å². The van der Waals surface area contributed by atoms with Crippen LogP contribution in [0.4, 0.5) is 0 Å². The average molecular weight is 160 g/mol. The molecule has 1 fully saturated rings. The highest BCUT2D eigenvalue weighted by Gasteiger charge is 2.28. The molecule has 1 aliphatic rings. The fraction of sp³-hybridized carbons (Fsp3) is 1.00. The van der Waals surface area contributed by atoms with Crippen molar-refractivity contribution in [2.24, 2.45) is 0 Å². The van der Waals surface area contributed by atoms with E-state index in [1.54, 1.807) is 6.92 Å². The van der Waals surface area contributed by atoms with Gasteiger partial charge in [-0.25, -0.2) is 0 Å². The van der Waals surface area contributed by atoms with Gasteiger partial charge >= 0.3 is 0 Å². The Bertz CT molecular complexity index is 114. The van der Waals surface area contributed by atoms with Crippen molar-refractivity contribution in [3.05, 3.63) is 0 Å². The molecule has 0 amide bonds. The molecule has 3 unspecified atom stereocenters. The van der Waals surface area contributed by atoms with Crippen LogP contribution in [0.15, 0.2) is 0 Å². The summed E-state index contributed by atoms with van der Waals surface area (Å²) in [7, 11) is 0. The molecule has 66 valence electrons. The lowest BCUT2D eigenvalue weighted by Crippen LogP contribution is -2.23. The molecule has 11 heavy (non-hydrogen) atoms. The maximum absolute atomic E-state index is 9.16. The zero-order valence-corrected chi connectivity index (χ0v) is 7.12. The molecule has 3 nitrogen and oxygen atoms in total. The Kier molecular flexibility index (Phi) is 3.30. The molecule has 1 aliphatic heterocycles. The van der Waals surface area contributed by atoms with Crippen LogP contribution in [0, 0.1) is 0 Å². The third-order valence-electron chi connectivity index (χ3n) is 1.90. The Morgan fingerprint density at radius 2 is 2.36 bits per heavy atom. The van der Waals surface area contributed by atoms with Crippen LogP contribution >= 0.6 is 0 Å². The van der Waals surface area contributed by atoms with Gasteiger partial charge in [-0.15, -0.1) is 0 Å². The highest BCUT2D eigenvalue weighted by molar-refractivity contribution is 4.72. The van der Waals surface area contributed by atoms with Gasteiger partial charge < -0.3 is 14.6 Å². The Morgan fingerprint density at radius 1 is 1.64 bits per heavy atom. The number of rotatable bonds is 3. The summed E-state index contributed by atoms with van der Waals surface area (Å²) in [5.74, 6) is 0. The van der Waals surface area contributed by atoms with Gasteiger partial charge in [0.2, 0.25) is 0 Å². The van der Waals surface area contributed by atoms with Gasteiger partial charge in [-0.1, -0.05) is 0 Å². The van der Waals surface area contributed by atoms with E-state index in [2.05, 4.69) is 0 Å². The number of aliphatic hydroxyl groups excluding tert-OH is 1. The molecule has 0 aliphatic carbocycles. The average Bonchev–Trinajstić information content (AvgIpc) is 2.37. The van der Waals surface area contributed by atoms with Crippen molar-refractivity contribution in [1.29, 1.82) is 0 Å². The third kappa shape index (κ3) is 2.43. The molecule has 0 spiro atoms. The first-order chi connectivity index (χ1) is 5.24. The highest BCUT2D eigenvalue weighted by atomic mass is 16.7. The zero-order valence-electron chi connectivity index (χ0n) is 7.12. The predicted molar refractivity (Wildman–Crippen MR) is 41.2 cm³/mol. The van der Waals surface area contributed by atoms with Crippen molar-refractivity contribution < 1.29 is 14.6 Å².